The number of nitriles is 1. The van der Waals surface area contributed by atoms with Crippen molar-refractivity contribution in [2.75, 3.05) is 4.90 Å². The zero-order valence-electron chi connectivity index (χ0n) is 17.0. The molecule has 0 saturated heterocycles. The number of anilines is 1. The molecule has 1 atom stereocenters. The first-order valence-electron chi connectivity index (χ1n) is 9.94. The van der Waals surface area contributed by atoms with Crippen molar-refractivity contribution in [1.29, 1.82) is 5.26 Å². The van der Waals surface area contributed by atoms with Crippen LogP contribution in [0.25, 0.3) is 11.0 Å². The Kier molecular flexibility index (Phi) is 4.42. The zero-order chi connectivity index (χ0) is 22.4. The third kappa shape index (κ3) is 2.81. The Labute approximate surface area is 183 Å². The molecule has 0 spiro atoms. The van der Waals surface area contributed by atoms with Gasteiger partial charge in [-0.05, 0) is 36.4 Å². The van der Waals surface area contributed by atoms with Crippen molar-refractivity contribution in [3.8, 4) is 6.07 Å². The van der Waals surface area contributed by atoms with Crippen LogP contribution in [0.2, 0.25) is 0 Å². The van der Waals surface area contributed by atoms with Gasteiger partial charge in [0.1, 0.15) is 5.82 Å². The molecule has 2 amide bonds. The van der Waals surface area contributed by atoms with Crippen LogP contribution in [0.1, 0.15) is 42.8 Å². The van der Waals surface area contributed by atoms with Gasteiger partial charge < -0.3 is 4.57 Å². The molecule has 0 bridgehead atoms. The Balaban J connectivity index is 1.52. The number of fused-ring (bicyclic) bond motifs is 2. The van der Waals surface area contributed by atoms with Crippen LogP contribution < -0.4 is 4.90 Å². The molecule has 1 aliphatic rings. The van der Waals surface area contributed by atoms with Crippen molar-refractivity contribution in [3.05, 3.63) is 95.3 Å². The summed E-state index contributed by atoms with van der Waals surface area (Å²) in [6, 6.07) is 22.3. The van der Waals surface area contributed by atoms with E-state index in [-0.39, 0.29) is 11.3 Å². The number of ketones is 1. The molecular weight excluding hydrogens is 404 g/mol. The van der Waals surface area contributed by atoms with Gasteiger partial charge >= 0.3 is 0 Å². The number of aryl methyl sites for hydroxylation is 1. The van der Waals surface area contributed by atoms with E-state index in [9.17, 15) is 19.6 Å². The molecule has 154 valence electrons. The lowest BCUT2D eigenvalue weighted by molar-refractivity contribution is 0.0922. The summed E-state index contributed by atoms with van der Waals surface area (Å²) >= 11 is 0. The predicted molar refractivity (Wildman–Crippen MR) is 117 cm³/mol. The van der Waals surface area contributed by atoms with E-state index in [0.29, 0.717) is 22.5 Å². The maximum absolute atomic E-state index is 13.3. The Morgan fingerprint density at radius 1 is 0.938 bits per heavy atom. The van der Waals surface area contributed by atoms with Crippen LogP contribution >= 0.6 is 0 Å². The van der Waals surface area contributed by atoms with Gasteiger partial charge in [0.15, 0.2) is 11.7 Å². The van der Waals surface area contributed by atoms with Crippen molar-refractivity contribution in [2.45, 2.75) is 5.92 Å². The molecule has 0 radical (unpaired) electrons. The standard InChI is InChI=1S/C25H16N4O3/c1-28-21-12-5-4-11-20(21)27-23(28)19(14-26)22(30)15-7-6-8-16(13-15)29-24(31)17-9-2-3-10-18(17)25(29)32/h2-13,19H,1H3. The van der Waals surface area contributed by atoms with E-state index in [0.717, 1.165) is 10.4 Å². The highest BCUT2D eigenvalue weighted by atomic mass is 16.2. The second kappa shape index (κ2) is 7.29. The monoisotopic (exact) mass is 420 g/mol. The average molecular weight is 420 g/mol. The summed E-state index contributed by atoms with van der Waals surface area (Å²) in [6.07, 6.45) is 0. The number of amides is 2. The number of hydrogen-bond donors (Lipinski definition) is 0. The normalized spacial score (nSPS) is 13.8. The lowest BCUT2D eigenvalue weighted by Gasteiger charge is -2.15. The lowest BCUT2D eigenvalue weighted by Crippen LogP contribution is -2.29. The summed E-state index contributed by atoms with van der Waals surface area (Å²) in [7, 11) is 1.76. The van der Waals surface area contributed by atoms with E-state index in [1.165, 1.54) is 6.07 Å². The minimum atomic E-state index is -1.13. The van der Waals surface area contributed by atoms with Crippen molar-refractivity contribution >= 4 is 34.3 Å². The fourth-order valence-electron chi connectivity index (χ4n) is 4.04. The molecular formula is C25H16N4O3. The molecule has 4 aromatic rings. The van der Waals surface area contributed by atoms with Crippen molar-refractivity contribution in [3.63, 3.8) is 0 Å². The smallest absolute Gasteiger partial charge is 0.266 e. The van der Waals surface area contributed by atoms with E-state index >= 15 is 0 Å². The molecule has 1 unspecified atom stereocenters. The second-order valence-corrected chi connectivity index (χ2v) is 7.49. The molecule has 0 aliphatic carbocycles. The molecule has 7 heteroatoms. The summed E-state index contributed by atoms with van der Waals surface area (Å²) in [4.78, 5) is 44.4. The molecule has 7 nitrogen and oxygen atoms in total. The van der Waals surface area contributed by atoms with Crippen LogP contribution in [0, 0.1) is 11.3 Å². The predicted octanol–water partition coefficient (Wildman–Crippen LogP) is 3.86. The number of rotatable bonds is 4. The zero-order valence-corrected chi connectivity index (χ0v) is 17.0. The minimum Gasteiger partial charge on any atom is -0.330 e. The highest BCUT2D eigenvalue weighted by molar-refractivity contribution is 6.34. The number of imidazole rings is 1. The molecule has 1 aromatic heterocycles. The van der Waals surface area contributed by atoms with Gasteiger partial charge in [0.05, 0.1) is 33.9 Å². The van der Waals surface area contributed by atoms with Crippen LogP contribution in [0.3, 0.4) is 0 Å². The van der Waals surface area contributed by atoms with E-state index in [4.69, 9.17) is 0 Å². The summed E-state index contributed by atoms with van der Waals surface area (Å²) in [5, 5.41) is 9.80. The van der Waals surface area contributed by atoms with Gasteiger partial charge in [-0.1, -0.05) is 36.4 Å². The van der Waals surface area contributed by atoms with Gasteiger partial charge in [-0.2, -0.15) is 5.26 Å². The van der Waals surface area contributed by atoms with Crippen LogP contribution in [-0.2, 0) is 7.05 Å². The molecule has 2 heterocycles. The molecule has 0 fully saturated rings. The fraction of sp³-hybridized carbons (Fsp3) is 0.0800. The lowest BCUT2D eigenvalue weighted by atomic mass is 9.97. The van der Waals surface area contributed by atoms with Crippen LogP contribution in [-0.4, -0.2) is 27.1 Å². The highest BCUT2D eigenvalue weighted by Gasteiger charge is 2.37. The number of imide groups is 1. The number of hydrogen-bond acceptors (Lipinski definition) is 5. The molecule has 0 N–H and O–H groups in total. The number of para-hydroxylation sites is 2. The van der Waals surface area contributed by atoms with Gasteiger partial charge in [0.25, 0.3) is 11.8 Å². The van der Waals surface area contributed by atoms with E-state index in [2.05, 4.69) is 11.1 Å². The van der Waals surface area contributed by atoms with Crippen LogP contribution in [0.4, 0.5) is 5.69 Å². The quantitative estimate of drug-likeness (QED) is 0.369. The third-order valence-corrected chi connectivity index (χ3v) is 5.65. The highest BCUT2D eigenvalue weighted by Crippen LogP contribution is 2.30. The summed E-state index contributed by atoms with van der Waals surface area (Å²) in [5.74, 6) is -2.14. The first-order chi connectivity index (χ1) is 15.5. The summed E-state index contributed by atoms with van der Waals surface area (Å²) in [6.45, 7) is 0. The van der Waals surface area contributed by atoms with Crippen molar-refractivity contribution < 1.29 is 14.4 Å². The van der Waals surface area contributed by atoms with Gasteiger partial charge in [0, 0.05) is 12.6 Å². The fourth-order valence-corrected chi connectivity index (χ4v) is 4.04. The Bertz CT molecular complexity index is 1440. The number of carbonyl (C=O) groups excluding carboxylic acids is 3. The number of benzene rings is 3. The third-order valence-electron chi connectivity index (χ3n) is 5.65. The molecule has 1 aliphatic heterocycles. The largest absolute Gasteiger partial charge is 0.330 e. The Morgan fingerprint density at radius 3 is 2.25 bits per heavy atom. The van der Waals surface area contributed by atoms with E-state index < -0.39 is 23.5 Å². The summed E-state index contributed by atoms with van der Waals surface area (Å²) < 4.78 is 1.73. The number of nitrogens with zero attached hydrogens (tertiary/aromatic N) is 4. The van der Waals surface area contributed by atoms with Gasteiger partial charge in [-0.3, -0.25) is 14.4 Å². The molecule has 32 heavy (non-hydrogen) atoms. The number of carbonyl (C=O) groups is 3. The summed E-state index contributed by atoms with van der Waals surface area (Å²) in [5.41, 5.74) is 2.65. The maximum Gasteiger partial charge on any atom is 0.266 e. The second-order valence-electron chi connectivity index (χ2n) is 7.49. The van der Waals surface area contributed by atoms with Crippen molar-refractivity contribution in [1.82, 2.24) is 9.55 Å². The Morgan fingerprint density at radius 2 is 1.59 bits per heavy atom. The molecule has 0 saturated carbocycles. The van der Waals surface area contributed by atoms with E-state index in [1.54, 1.807) is 54.1 Å². The van der Waals surface area contributed by atoms with Crippen LogP contribution in [0.15, 0.2) is 72.8 Å². The minimum absolute atomic E-state index is 0.220. The van der Waals surface area contributed by atoms with Crippen LogP contribution in [0.5, 0.6) is 0 Å². The average Bonchev–Trinajstić information content (AvgIpc) is 3.28. The first-order valence-corrected chi connectivity index (χ1v) is 9.94. The molecule has 5 rings (SSSR count). The van der Waals surface area contributed by atoms with E-state index in [1.807, 2.05) is 24.3 Å². The van der Waals surface area contributed by atoms with Gasteiger partial charge in [-0.15, -0.1) is 0 Å². The first kappa shape index (κ1) is 19.4. The topological polar surface area (TPSA) is 96.1 Å². The van der Waals surface area contributed by atoms with Gasteiger partial charge in [-0.25, -0.2) is 9.88 Å². The van der Waals surface area contributed by atoms with Gasteiger partial charge in [0.2, 0.25) is 0 Å². The number of aromatic nitrogens is 2. The van der Waals surface area contributed by atoms with Crippen molar-refractivity contribution in [2.24, 2.45) is 7.05 Å². The maximum atomic E-state index is 13.3. The number of Topliss-reactive ketones (excluding diaryl/α,β-unsaturated/α-hetero) is 1. The SMILES string of the molecule is Cn1c(C(C#N)C(=O)c2cccc(N3C(=O)c4ccccc4C3=O)c2)nc2ccccc21. The Hall–Kier alpha value is -4.57. The molecule has 3 aromatic carbocycles.